The minimum atomic E-state index is -0.807. The summed E-state index contributed by atoms with van der Waals surface area (Å²) in [5, 5.41) is 9.59. The molecule has 104 valence electrons. The first-order valence-corrected chi connectivity index (χ1v) is 6.83. The fraction of sp³-hybridized carbons (Fsp3) is 0.600. The SMILES string of the molecule is OC1CCC(C2(c3ccc(F)c(F)c3)COC2)CC1. The van der Waals surface area contributed by atoms with Gasteiger partial charge in [0.2, 0.25) is 0 Å². The van der Waals surface area contributed by atoms with Gasteiger partial charge in [0.25, 0.3) is 0 Å². The highest BCUT2D eigenvalue weighted by Crippen LogP contribution is 2.46. The molecule has 0 atom stereocenters. The van der Waals surface area contributed by atoms with Gasteiger partial charge in [0.1, 0.15) is 0 Å². The fourth-order valence-electron chi connectivity index (χ4n) is 3.39. The molecule has 1 saturated carbocycles. The van der Waals surface area contributed by atoms with Crippen molar-refractivity contribution in [2.45, 2.75) is 37.2 Å². The van der Waals surface area contributed by atoms with E-state index in [1.54, 1.807) is 6.07 Å². The zero-order chi connectivity index (χ0) is 13.5. The Morgan fingerprint density at radius 1 is 1.05 bits per heavy atom. The van der Waals surface area contributed by atoms with Gasteiger partial charge >= 0.3 is 0 Å². The Kier molecular flexibility index (Phi) is 3.31. The van der Waals surface area contributed by atoms with Crippen molar-refractivity contribution < 1.29 is 18.6 Å². The molecular weight excluding hydrogens is 250 g/mol. The van der Waals surface area contributed by atoms with Crippen molar-refractivity contribution in [1.29, 1.82) is 0 Å². The summed E-state index contributed by atoms with van der Waals surface area (Å²) in [7, 11) is 0. The summed E-state index contributed by atoms with van der Waals surface area (Å²) in [5.74, 6) is -1.22. The van der Waals surface area contributed by atoms with Crippen LogP contribution in [0.3, 0.4) is 0 Å². The molecule has 1 aromatic carbocycles. The molecular formula is C15H18F2O2. The third kappa shape index (κ3) is 2.17. The lowest BCUT2D eigenvalue weighted by Crippen LogP contribution is -2.53. The average molecular weight is 268 g/mol. The lowest BCUT2D eigenvalue weighted by Gasteiger charge is -2.49. The normalized spacial score (nSPS) is 29.8. The van der Waals surface area contributed by atoms with Crippen LogP contribution in [0.25, 0.3) is 0 Å². The number of ether oxygens (including phenoxy) is 1. The molecule has 1 saturated heterocycles. The second-order valence-corrected chi connectivity index (χ2v) is 5.78. The summed E-state index contributed by atoms with van der Waals surface area (Å²) < 4.78 is 31.9. The standard InChI is InChI=1S/C15H18F2O2/c16-13-6-3-11(7-14(13)17)15(8-19-9-15)10-1-4-12(18)5-2-10/h3,6-7,10,12,18H,1-2,4-5,8-9H2. The van der Waals surface area contributed by atoms with E-state index in [1.807, 2.05) is 0 Å². The summed E-state index contributed by atoms with van der Waals surface area (Å²) in [4.78, 5) is 0. The lowest BCUT2D eigenvalue weighted by molar-refractivity contribution is -0.103. The maximum Gasteiger partial charge on any atom is 0.159 e. The molecule has 0 bridgehead atoms. The van der Waals surface area contributed by atoms with E-state index < -0.39 is 11.6 Å². The third-order valence-corrected chi connectivity index (χ3v) is 4.69. The zero-order valence-electron chi connectivity index (χ0n) is 10.7. The number of halogens is 2. The fourth-order valence-corrected chi connectivity index (χ4v) is 3.39. The molecule has 2 nitrogen and oxygen atoms in total. The number of aliphatic hydroxyl groups excluding tert-OH is 1. The first-order chi connectivity index (χ1) is 9.12. The Balaban J connectivity index is 1.88. The highest BCUT2D eigenvalue weighted by Gasteiger charge is 2.47. The van der Waals surface area contributed by atoms with Crippen LogP contribution in [0.5, 0.6) is 0 Å². The Morgan fingerprint density at radius 2 is 1.74 bits per heavy atom. The summed E-state index contributed by atoms with van der Waals surface area (Å²) in [5.41, 5.74) is 0.647. The number of benzene rings is 1. The Morgan fingerprint density at radius 3 is 2.26 bits per heavy atom. The Hall–Kier alpha value is -1.00. The highest BCUT2D eigenvalue weighted by molar-refractivity contribution is 5.30. The molecule has 0 amide bonds. The van der Waals surface area contributed by atoms with Crippen molar-refractivity contribution in [3.8, 4) is 0 Å². The Labute approximate surface area is 111 Å². The van der Waals surface area contributed by atoms with Crippen molar-refractivity contribution >= 4 is 0 Å². The third-order valence-electron chi connectivity index (χ3n) is 4.69. The summed E-state index contributed by atoms with van der Waals surface area (Å²) in [6, 6.07) is 4.18. The summed E-state index contributed by atoms with van der Waals surface area (Å²) in [6.45, 7) is 1.14. The molecule has 1 aromatic rings. The van der Waals surface area contributed by atoms with E-state index in [4.69, 9.17) is 4.74 Å². The van der Waals surface area contributed by atoms with Crippen LogP contribution in [0.4, 0.5) is 8.78 Å². The molecule has 2 fully saturated rings. The van der Waals surface area contributed by atoms with Crippen LogP contribution in [-0.4, -0.2) is 24.4 Å². The molecule has 1 aliphatic carbocycles. The summed E-state index contributed by atoms with van der Waals surface area (Å²) in [6.07, 6.45) is 3.21. The van der Waals surface area contributed by atoms with E-state index in [0.717, 1.165) is 31.2 Å². The minimum absolute atomic E-state index is 0.186. The monoisotopic (exact) mass is 268 g/mol. The van der Waals surface area contributed by atoms with Crippen molar-refractivity contribution in [2.75, 3.05) is 13.2 Å². The maximum absolute atomic E-state index is 13.4. The first-order valence-electron chi connectivity index (χ1n) is 6.83. The number of hydrogen-bond acceptors (Lipinski definition) is 2. The molecule has 0 unspecified atom stereocenters. The van der Waals surface area contributed by atoms with Crippen LogP contribution in [0.2, 0.25) is 0 Å². The van der Waals surface area contributed by atoms with E-state index in [1.165, 1.54) is 12.1 Å². The van der Waals surface area contributed by atoms with Gasteiger partial charge < -0.3 is 9.84 Å². The quantitative estimate of drug-likeness (QED) is 0.893. The molecule has 4 heteroatoms. The molecule has 1 N–H and O–H groups in total. The molecule has 2 aliphatic rings. The lowest BCUT2D eigenvalue weighted by atomic mass is 9.63. The van der Waals surface area contributed by atoms with Crippen LogP contribution in [-0.2, 0) is 10.2 Å². The van der Waals surface area contributed by atoms with Crippen LogP contribution in [0, 0.1) is 17.6 Å². The predicted octanol–water partition coefficient (Wildman–Crippen LogP) is 2.78. The van der Waals surface area contributed by atoms with E-state index in [9.17, 15) is 13.9 Å². The van der Waals surface area contributed by atoms with Crippen molar-refractivity contribution in [1.82, 2.24) is 0 Å². The van der Waals surface area contributed by atoms with Crippen LogP contribution >= 0.6 is 0 Å². The van der Waals surface area contributed by atoms with Gasteiger partial charge in [-0.2, -0.15) is 0 Å². The van der Waals surface area contributed by atoms with Gasteiger partial charge in [-0.1, -0.05) is 6.07 Å². The van der Waals surface area contributed by atoms with Gasteiger partial charge in [-0.25, -0.2) is 8.78 Å². The van der Waals surface area contributed by atoms with Gasteiger partial charge in [0.05, 0.1) is 19.3 Å². The van der Waals surface area contributed by atoms with Crippen LogP contribution in [0.15, 0.2) is 18.2 Å². The molecule has 1 aliphatic heterocycles. The minimum Gasteiger partial charge on any atom is -0.393 e. The zero-order valence-corrected chi connectivity index (χ0v) is 10.7. The van der Waals surface area contributed by atoms with E-state index >= 15 is 0 Å². The molecule has 0 aromatic heterocycles. The molecule has 1 heterocycles. The number of rotatable bonds is 2. The van der Waals surface area contributed by atoms with Gasteiger partial charge in [0.15, 0.2) is 11.6 Å². The number of aliphatic hydroxyl groups is 1. The molecule has 0 spiro atoms. The van der Waals surface area contributed by atoms with Crippen LogP contribution < -0.4 is 0 Å². The van der Waals surface area contributed by atoms with Gasteiger partial charge in [-0.3, -0.25) is 0 Å². The molecule has 0 radical (unpaired) electrons. The second kappa shape index (κ2) is 4.84. The van der Waals surface area contributed by atoms with E-state index in [-0.39, 0.29) is 11.5 Å². The van der Waals surface area contributed by atoms with Gasteiger partial charge in [-0.15, -0.1) is 0 Å². The maximum atomic E-state index is 13.4. The molecule has 19 heavy (non-hydrogen) atoms. The smallest absolute Gasteiger partial charge is 0.159 e. The van der Waals surface area contributed by atoms with Crippen molar-refractivity contribution in [3.05, 3.63) is 35.4 Å². The van der Waals surface area contributed by atoms with E-state index in [0.29, 0.717) is 19.1 Å². The van der Waals surface area contributed by atoms with Crippen LogP contribution in [0.1, 0.15) is 31.2 Å². The summed E-state index contributed by atoms with van der Waals surface area (Å²) >= 11 is 0. The van der Waals surface area contributed by atoms with Crippen molar-refractivity contribution in [2.24, 2.45) is 5.92 Å². The molecule has 3 rings (SSSR count). The Bertz CT molecular complexity index is 463. The largest absolute Gasteiger partial charge is 0.393 e. The predicted molar refractivity (Wildman–Crippen MR) is 66.8 cm³/mol. The van der Waals surface area contributed by atoms with Crippen molar-refractivity contribution in [3.63, 3.8) is 0 Å². The van der Waals surface area contributed by atoms with Gasteiger partial charge in [-0.05, 0) is 49.3 Å². The topological polar surface area (TPSA) is 29.5 Å². The average Bonchev–Trinajstić information content (AvgIpc) is 2.34. The highest BCUT2D eigenvalue weighted by atomic mass is 19.2. The second-order valence-electron chi connectivity index (χ2n) is 5.78. The number of hydrogen-bond donors (Lipinski definition) is 1. The van der Waals surface area contributed by atoms with E-state index in [2.05, 4.69) is 0 Å². The first kappa shape index (κ1) is 13.0. The van der Waals surface area contributed by atoms with Gasteiger partial charge in [0, 0.05) is 5.41 Å².